The Balaban J connectivity index is 1.61. The van der Waals surface area contributed by atoms with Crippen LogP contribution in [0.5, 0.6) is 0 Å². The lowest BCUT2D eigenvalue weighted by atomic mass is 9.92. The number of ether oxygens (including phenoxy) is 1. The van der Waals surface area contributed by atoms with Crippen molar-refractivity contribution in [3.05, 3.63) is 104 Å². The van der Waals surface area contributed by atoms with E-state index in [2.05, 4.69) is 20.7 Å². The first-order valence-corrected chi connectivity index (χ1v) is 15.2. The summed E-state index contributed by atoms with van der Waals surface area (Å²) in [5.41, 5.74) is 1.34. The van der Waals surface area contributed by atoms with E-state index in [0.29, 0.717) is 15.6 Å². The van der Waals surface area contributed by atoms with Gasteiger partial charge in [0.1, 0.15) is 0 Å². The molecule has 0 spiro atoms. The number of nitrogens with zero attached hydrogens (tertiary/aromatic N) is 1. The zero-order valence-electron chi connectivity index (χ0n) is 20.0. The number of fused-ring (bicyclic) bond motifs is 1. The van der Waals surface area contributed by atoms with Gasteiger partial charge in [-0.1, -0.05) is 69.5 Å². The smallest absolute Gasteiger partial charge is 0.257 e. The summed E-state index contributed by atoms with van der Waals surface area (Å²) in [7, 11) is -3.34. The molecule has 0 radical (unpaired) electrons. The summed E-state index contributed by atoms with van der Waals surface area (Å²) >= 11 is 15.8. The Morgan fingerprint density at radius 1 is 1.00 bits per heavy atom. The van der Waals surface area contributed by atoms with E-state index < -0.39 is 15.7 Å². The predicted octanol–water partition coefficient (Wildman–Crippen LogP) is 5.96. The molecule has 194 valence electrons. The highest BCUT2D eigenvalue weighted by atomic mass is 79.9. The molecule has 10 heteroatoms. The highest BCUT2D eigenvalue weighted by Crippen LogP contribution is 2.51. The molecule has 1 unspecified atom stereocenters. The van der Waals surface area contributed by atoms with Crippen molar-refractivity contribution < 1.29 is 17.9 Å². The van der Waals surface area contributed by atoms with Crippen LogP contribution >= 0.6 is 39.1 Å². The summed E-state index contributed by atoms with van der Waals surface area (Å²) in [6, 6.07) is 20.3. The van der Waals surface area contributed by atoms with E-state index in [1.807, 2.05) is 42.5 Å². The molecule has 1 N–H and O–H groups in total. The Labute approximate surface area is 235 Å². The van der Waals surface area contributed by atoms with E-state index in [1.54, 1.807) is 29.2 Å². The molecule has 1 fully saturated rings. The number of sulfonamides is 1. The number of carbonyl (C=O) groups is 1. The maximum absolute atomic E-state index is 14.0. The molecule has 1 aliphatic heterocycles. The molecular formula is C27H25BrCl2N2O4S. The minimum absolute atomic E-state index is 0.166. The molecule has 1 atom stereocenters. The molecule has 1 saturated carbocycles. The third-order valence-corrected chi connectivity index (χ3v) is 8.61. The molecule has 6 nitrogen and oxygen atoms in total. The van der Waals surface area contributed by atoms with Crippen molar-refractivity contribution in [3.63, 3.8) is 0 Å². The minimum atomic E-state index is -3.34. The number of halogens is 3. The van der Waals surface area contributed by atoms with Crippen LogP contribution in [0.25, 0.3) is 0 Å². The van der Waals surface area contributed by atoms with E-state index in [1.165, 1.54) is 0 Å². The summed E-state index contributed by atoms with van der Waals surface area (Å²) in [4.78, 5) is 15.7. The summed E-state index contributed by atoms with van der Waals surface area (Å²) in [6.07, 6.45) is 2.80. The summed E-state index contributed by atoms with van der Waals surface area (Å²) in [5, 5.41) is 1.18. The van der Waals surface area contributed by atoms with Crippen LogP contribution in [0.1, 0.15) is 39.9 Å². The van der Waals surface area contributed by atoms with Gasteiger partial charge in [0.05, 0.1) is 12.9 Å². The second-order valence-corrected chi connectivity index (χ2v) is 13.4. The predicted molar refractivity (Wildman–Crippen MR) is 148 cm³/mol. The average Bonchev–Trinajstić information content (AvgIpc) is 3.60. The van der Waals surface area contributed by atoms with Gasteiger partial charge >= 0.3 is 0 Å². The zero-order valence-corrected chi connectivity index (χ0v) is 23.9. The van der Waals surface area contributed by atoms with E-state index >= 15 is 0 Å². The van der Waals surface area contributed by atoms with Crippen molar-refractivity contribution in [3.8, 4) is 0 Å². The average molecular weight is 624 g/mol. The van der Waals surface area contributed by atoms with Gasteiger partial charge in [-0.2, -0.15) is 0 Å². The summed E-state index contributed by atoms with van der Waals surface area (Å²) in [6.45, 7) is 0.818. The third-order valence-electron chi connectivity index (χ3n) is 6.95. The molecular weight excluding hydrogens is 599 g/mol. The number of hydrogen-bond donors (Lipinski definition) is 1. The van der Waals surface area contributed by atoms with Crippen LogP contribution in [0.2, 0.25) is 10.0 Å². The molecule has 1 amide bonds. The van der Waals surface area contributed by atoms with Gasteiger partial charge in [-0.3, -0.25) is 9.69 Å². The topological polar surface area (TPSA) is 75.7 Å². The van der Waals surface area contributed by atoms with Crippen LogP contribution in [0.3, 0.4) is 0 Å². The van der Waals surface area contributed by atoms with E-state index in [-0.39, 0.29) is 31.0 Å². The second-order valence-electron chi connectivity index (χ2n) is 9.74. The van der Waals surface area contributed by atoms with Crippen molar-refractivity contribution in [2.45, 2.75) is 25.1 Å². The van der Waals surface area contributed by atoms with Crippen LogP contribution in [-0.4, -0.2) is 38.6 Å². The fourth-order valence-electron chi connectivity index (χ4n) is 4.70. The normalized spacial score (nSPS) is 20.2. The molecule has 37 heavy (non-hydrogen) atoms. The fraction of sp³-hybridized carbons (Fsp3) is 0.296. The maximum Gasteiger partial charge on any atom is 0.257 e. The van der Waals surface area contributed by atoms with Crippen LogP contribution in [0.4, 0.5) is 0 Å². The monoisotopic (exact) mass is 622 g/mol. The third kappa shape index (κ3) is 5.46. The summed E-state index contributed by atoms with van der Waals surface area (Å²) in [5.74, 6) is -0.166. The molecule has 3 aromatic carbocycles. The molecule has 3 aromatic rings. The van der Waals surface area contributed by atoms with Crippen LogP contribution in [0.15, 0.2) is 71.2 Å². The largest absolute Gasteiger partial charge is 0.346 e. The molecule has 0 saturated heterocycles. The lowest BCUT2D eigenvalue weighted by Gasteiger charge is -2.40. The molecule has 1 heterocycles. The number of nitrogens with one attached hydrogen (secondary N) is 1. The van der Waals surface area contributed by atoms with Crippen LogP contribution in [0, 0.1) is 5.41 Å². The maximum atomic E-state index is 14.0. The van der Waals surface area contributed by atoms with E-state index in [9.17, 15) is 13.2 Å². The minimum Gasteiger partial charge on any atom is -0.346 e. The highest BCUT2D eigenvalue weighted by molar-refractivity contribution is 9.10. The van der Waals surface area contributed by atoms with Gasteiger partial charge in [0.2, 0.25) is 10.0 Å². The van der Waals surface area contributed by atoms with Gasteiger partial charge in [0.15, 0.2) is 5.72 Å². The lowest BCUT2D eigenvalue weighted by Crippen LogP contribution is -2.48. The van der Waals surface area contributed by atoms with Gasteiger partial charge in [0, 0.05) is 49.7 Å². The van der Waals surface area contributed by atoms with Gasteiger partial charge < -0.3 is 4.74 Å². The lowest BCUT2D eigenvalue weighted by molar-refractivity contribution is -0.124. The standard InChI is InChI=1S/C27H25BrCl2N2O4S/c1-37(34,35)31-16-26(12-13-26)17-36-27(19-4-9-22(30)10-5-19)24-11-6-20(28)14-23(24)25(33)32(27)15-18-2-7-21(29)8-3-18/h2-11,14,31H,12-13,15-17H2,1H3. The first-order chi connectivity index (χ1) is 17.5. The Kier molecular flexibility index (Phi) is 7.19. The Morgan fingerprint density at radius 3 is 2.22 bits per heavy atom. The second kappa shape index (κ2) is 9.98. The van der Waals surface area contributed by atoms with Crippen molar-refractivity contribution >= 4 is 55.1 Å². The Hall–Kier alpha value is -1.94. The number of benzene rings is 3. The molecule has 0 bridgehead atoms. The zero-order chi connectivity index (χ0) is 26.4. The van der Waals surface area contributed by atoms with Gasteiger partial charge in [-0.05, 0) is 54.8 Å². The Morgan fingerprint density at radius 2 is 1.62 bits per heavy atom. The number of hydrogen-bond acceptors (Lipinski definition) is 4. The van der Waals surface area contributed by atoms with Crippen LogP contribution in [-0.2, 0) is 27.0 Å². The number of carbonyl (C=O) groups excluding carboxylic acids is 1. The van der Waals surface area contributed by atoms with Gasteiger partial charge in [-0.25, -0.2) is 13.1 Å². The quantitative estimate of drug-likeness (QED) is 0.319. The van der Waals surface area contributed by atoms with Gasteiger partial charge in [-0.15, -0.1) is 0 Å². The number of amides is 1. The van der Waals surface area contributed by atoms with Crippen molar-refractivity contribution in [2.75, 3.05) is 19.4 Å². The van der Waals surface area contributed by atoms with Crippen LogP contribution < -0.4 is 4.72 Å². The first kappa shape index (κ1) is 26.7. The molecule has 1 aliphatic carbocycles. The first-order valence-electron chi connectivity index (χ1n) is 11.7. The Bertz CT molecular complexity index is 1440. The number of rotatable bonds is 9. The molecule has 0 aromatic heterocycles. The van der Waals surface area contributed by atoms with Crippen molar-refractivity contribution in [1.82, 2.24) is 9.62 Å². The van der Waals surface area contributed by atoms with Crippen molar-refractivity contribution in [2.24, 2.45) is 5.41 Å². The van der Waals surface area contributed by atoms with Gasteiger partial charge in [0.25, 0.3) is 5.91 Å². The summed E-state index contributed by atoms with van der Waals surface area (Å²) < 4.78 is 33.8. The highest BCUT2D eigenvalue weighted by Gasteiger charge is 2.54. The van der Waals surface area contributed by atoms with E-state index in [4.69, 9.17) is 27.9 Å². The molecule has 5 rings (SSSR count). The molecule has 2 aliphatic rings. The SMILES string of the molecule is CS(=O)(=O)NCC1(COC2(c3ccc(Cl)cc3)c3ccc(Br)cc3C(=O)N2Cc2ccc(Cl)cc2)CC1. The van der Waals surface area contributed by atoms with Crippen molar-refractivity contribution in [1.29, 1.82) is 0 Å². The fourth-order valence-corrected chi connectivity index (χ4v) is 5.88. The van der Waals surface area contributed by atoms with E-state index in [0.717, 1.165) is 40.3 Å².